The van der Waals surface area contributed by atoms with E-state index in [0.29, 0.717) is 6.54 Å². The van der Waals surface area contributed by atoms with E-state index in [-0.39, 0.29) is 11.8 Å². The number of aryl methyl sites for hydroxylation is 3. The normalized spacial score (nSPS) is 17.5. The largest absolute Gasteiger partial charge is 0.356 e. The SMILES string of the molecule is Cc1nc2c([nH]1)CC(C(=O)NCCCn1ccnc1)CC2. The molecule has 1 aliphatic rings. The molecule has 0 spiro atoms. The number of imidazole rings is 2. The number of hydrogen-bond acceptors (Lipinski definition) is 3. The first kappa shape index (κ1) is 13.9. The lowest BCUT2D eigenvalue weighted by Crippen LogP contribution is -2.35. The number of aromatic nitrogens is 4. The van der Waals surface area contributed by atoms with E-state index in [1.54, 1.807) is 12.5 Å². The molecule has 2 aromatic rings. The molecule has 0 aromatic carbocycles. The molecule has 0 saturated heterocycles. The van der Waals surface area contributed by atoms with Gasteiger partial charge in [0.15, 0.2) is 0 Å². The van der Waals surface area contributed by atoms with E-state index in [9.17, 15) is 4.79 Å². The Kier molecular flexibility index (Phi) is 4.03. The van der Waals surface area contributed by atoms with Crippen molar-refractivity contribution in [3.8, 4) is 0 Å². The third kappa shape index (κ3) is 3.32. The van der Waals surface area contributed by atoms with Gasteiger partial charge in [0.1, 0.15) is 5.82 Å². The monoisotopic (exact) mass is 287 g/mol. The van der Waals surface area contributed by atoms with Crippen LogP contribution in [-0.2, 0) is 24.2 Å². The van der Waals surface area contributed by atoms with Gasteiger partial charge in [0.05, 0.1) is 12.0 Å². The van der Waals surface area contributed by atoms with Crippen molar-refractivity contribution in [3.63, 3.8) is 0 Å². The van der Waals surface area contributed by atoms with Crippen LogP contribution in [0, 0.1) is 12.8 Å². The molecule has 1 atom stereocenters. The maximum absolute atomic E-state index is 12.2. The van der Waals surface area contributed by atoms with E-state index < -0.39 is 0 Å². The average Bonchev–Trinajstić information content (AvgIpc) is 3.10. The first-order valence-corrected chi connectivity index (χ1v) is 7.50. The van der Waals surface area contributed by atoms with Gasteiger partial charge in [-0.15, -0.1) is 0 Å². The van der Waals surface area contributed by atoms with Gasteiger partial charge in [-0.05, 0) is 26.2 Å². The topological polar surface area (TPSA) is 75.6 Å². The number of rotatable bonds is 5. The molecule has 6 nitrogen and oxygen atoms in total. The summed E-state index contributed by atoms with van der Waals surface area (Å²) in [6, 6.07) is 0. The number of fused-ring (bicyclic) bond motifs is 1. The summed E-state index contributed by atoms with van der Waals surface area (Å²) in [5.74, 6) is 1.19. The van der Waals surface area contributed by atoms with Crippen LogP contribution in [0.15, 0.2) is 18.7 Å². The van der Waals surface area contributed by atoms with E-state index in [1.165, 1.54) is 0 Å². The Morgan fingerprint density at radius 2 is 2.48 bits per heavy atom. The molecule has 0 saturated carbocycles. The molecule has 2 aromatic heterocycles. The first-order valence-electron chi connectivity index (χ1n) is 7.50. The summed E-state index contributed by atoms with van der Waals surface area (Å²) >= 11 is 0. The third-order valence-electron chi connectivity index (χ3n) is 3.99. The Labute approximate surface area is 124 Å². The van der Waals surface area contributed by atoms with Crippen LogP contribution < -0.4 is 5.32 Å². The highest BCUT2D eigenvalue weighted by Crippen LogP contribution is 2.23. The van der Waals surface area contributed by atoms with Crippen molar-refractivity contribution in [1.29, 1.82) is 0 Å². The summed E-state index contributed by atoms with van der Waals surface area (Å²) in [5, 5.41) is 3.05. The lowest BCUT2D eigenvalue weighted by Gasteiger charge is -2.20. The van der Waals surface area contributed by atoms with Crippen LogP contribution in [-0.4, -0.2) is 32.0 Å². The molecule has 0 radical (unpaired) electrons. The highest BCUT2D eigenvalue weighted by Gasteiger charge is 2.26. The quantitative estimate of drug-likeness (QED) is 0.812. The zero-order chi connectivity index (χ0) is 14.7. The summed E-state index contributed by atoms with van der Waals surface area (Å²) in [4.78, 5) is 23.9. The molecule has 2 N–H and O–H groups in total. The Balaban J connectivity index is 1.44. The van der Waals surface area contributed by atoms with Crippen LogP contribution in [0.25, 0.3) is 0 Å². The second kappa shape index (κ2) is 6.11. The standard InChI is InChI=1S/C15H21N5O/c1-11-18-13-4-3-12(9-14(13)19-11)15(21)17-5-2-7-20-8-6-16-10-20/h6,8,10,12H,2-5,7,9H2,1H3,(H,17,21)(H,18,19). The van der Waals surface area contributed by atoms with Crippen molar-refractivity contribution in [2.45, 2.75) is 39.2 Å². The molecule has 3 rings (SSSR count). The lowest BCUT2D eigenvalue weighted by molar-refractivity contribution is -0.125. The Hall–Kier alpha value is -2.11. The van der Waals surface area contributed by atoms with Gasteiger partial charge >= 0.3 is 0 Å². The fourth-order valence-electron chi connectivity index (χ4n) is 2.88. The molecule has 1 amide bonds. The fraction of sp³-hybridized carbons (Fsp3) is 0.533. The molecule has 2 heterocycles. The predicted octanol–water partition coefficient (Wildman–Crippen LogP) is 1.23. The number of aromatic amines is 1. The van der Waals surface area contributed by atoms with Gasteiger partial charge in [-0.3, -0.25) is 4.79 Å². The van der Waals surface area contributed by atoms with E-state index in [0.717, 1.165) is 49.4 Å². The zero-order valence-electron chi connectivity index (χ0n) is 12.3. The van der Waals surface area contributed by atoms with Crippen LogP contribution in [0.3, 0.4) is 0 Å². The fourth-order valence-corrected chi connectivity index (χ4v) is 2.88. The van der Waals surface area contributed by atoms with Gasteiger partial charge in [0.2, 0.25) is 5.91 Å². The summed E-state index contributed by atoms with van der Waals surface area (Å²) < 4.78 is 2.02. The third-order valence-corrected chi connectivity index (χ3v) is 3.99. The molecule has 0 bridgehead atoms. The van der Waals surface area contributed by atoms with Crippen molar-refractivity contribution in [2.75, 3.05) is 6.54 Å². The maximum atomic E-state index is 12.2. The molecule has 0 aliphatic heterocycles. The summed E-state index contributed by atoms with van der Waals surface area (Å²) in [5.41, 5.74) is 2.27. The van der Waals surface area contributed by atoms with E-state index in [1.807, 2.05) is 17.7 Å². The Bertz CT molecular complexity index is 602. The molecule has 1 aliphatic carbocycles. The predicted molar refractivity (Wildman–Crippen MR) is 78.7 cm³/mol. The minimum atomic E-state index is 0.0746. The van der Waals surface area contributed by atoms with Crippen LogP contribution >= 0.6 is 0 Å². The van der Waals surface area contributed by atoms with Crippen LogP contribution in [0.1, 0.15) is 30.1 Å². The summed E-state index contributed by atoms with van der Waals surface area (Å²) in [6.45, 7) is 3.56. The number of carbonyl (C=O) groups is 1. The van der Waals surface area contributed by atoms with Gasteiger partial charge in [-0.2, -0.15) is 0 Å². The minimum Gasteiger partial charge on any atom is -0.356 e. The van der Waals surface area contributed by atoms with E-state index in [4.69, 9.17) is 0 Å². The highest BCUT2D eigenvalue weighted by molar-refractivity contribution is 5.79. The average molecular weight is 287 g/mol. The zero-order valence-corrected chi connectivity index (χ0v) is 12.3. The highest BCUT2D eigenvalue weighted by atomic mass is 16.1. The molecule has 112 valence electrons. The molecule has 0 fully saturated rings. The second-order valence-electron chi connectivity index (χ2n) is 5.63. The molecule has 1 unspecified atom stereocenters. The number of carbonyl (C=O) groups excluding carboxylic acids is 1. The number of amides is 1. The van der Waals surface area contributed by atoms with Gasteiger partial charge < -0.3 is 14.9 Å². The summed E-state index contributed by atoms with van der Waals surface area (Å²) in [6.07, 6.45) is 8.99. The summed E-state index contributed by atoms with van der Waals surface area (Å²) in [7, 11) is 0. The molecule has 21 heavy (non-hydrogen) atoms. The van der Waals surface area contributed by atoms with Gasteiger partial charge in [0.25, 0.3) is 0 Å². The first-order chi connectivity index (χ1) is 10.2. The smallest absolute Gasteiger partial charge is 0.223 e. The number of hydrogen-bond donors (Lipinski definition) is 2. The Morgan fingerprint density at radius 3 is 3.29 bits per heavy atom. The van der Waals surface area contributed by atoms with Crippen LogP contribution in [0.2, 0.25) is 0 Å². The van der Waals surface area contributed by atoms with Crippen molar-refractivity contribution < 1.29 is 4.79 Å². The maximum Gasteiger partial charge on any atom is 0.223 e. The van der Waals surface area contributed by atoms with E-state index in [2.05, 4.69) is 20.3 Å². The molecular formula is C15H21N5O. The van der Waals surface area contributed by atoms with Crippen LogP contribution in [0.5, 0.6) is 0 Å². The van der Waals surface area contributed by atoms with Gasteiger partial charge in [0, 0.05) is 43.5 Å². The van der Waals surface area contributed by atoms with Gasteiger partial charge in [-0.1, -0.05) is 0 Å². The number of H-pyrrole nitrogens is 1. The minimum absolute atomic E-state index is 0.0746. The Morgan fingerprint density at radius 1 is 1.57 bits per heavy atom. The van der Waals surface area contributed by atoms with Crippen molar-refractivity contribution in [1.82, 2.24) is 24.8 Å². The molecular weight excluding hydrogens is 266 g/mol. The van der Waals surface area contributed by atoms with Crippen LogP contribution in [0.4, 0.5) is 0 Å². The number of nitrogens with zero attached hydrogens (tertiary/aromatic N) is 3. The molecule has 6 heteroatoms. The van der Waals surface area contributed by atoms with Gasteiger partial charge in [-0.25, -0.2) is 9.97 Å². The number of nitrogens with one attached hydrogen (secondary N) is 2. The second-order valence-corrected chi connectivity index (χ2v) is 5.63. The van der Waals surface area contributed by atoms with Crippen molar-refractivity contribution in [2.24, 2.45) is 5.92 Å². The lowest BCUT2D eigenvalue weighted by atomic mass is 9.89. The van der Waals surface area contributed by atoms with Crippen molar-refractivity contribution >= 4 is 5.91 Å². The van der Waals surface area contributed by atoms with Crippen molar-refractivity contribution in [3.05, 3.63) is 35.9 Å². The van der Waals surface area contributed by atoms with E-state index >= 15 is 0 Å².